The molecule has 0 saturated heterocycles. The smallest absolute Gasteiger partial charge is 0.274 e. The molecule has 0 N–H and O–H groups in total. The molecule has 0 unspecified atom stereocenters. The van der Waals surface area contributed by atoms with Crippen molar-refractivity contribution in [2.24, 2.45) is 0 Å². The Labute approximate surface area is 176 Å². The fourth-order valence-electron chi connectivity index (χ4n) is 2.24. The van der Waals surface area contributed by atoms with Crippen LogP contribution < -0.4 is 0 Å². The van der Waals surface area contributed by atoms with Gasteiger partial charge >= 0.3 is 18.0 Å². The Morgan fingerprint density at radius 2 is 1.77 bits per heavy atom. The number of aromatic nitrogens is 7. The van der Waals surface area contributed by atoms with Gasteiger partial charge in [-0.05, 0) is 35.0 Å². The number of alkyl halides is 7. The first-order valence-corrected chi connectivity index (χ1v) is 8.51. The number of rotatable bonds is 6. The van der Waals surface area contributed by atoms with E-state index in [4.69, 9.17) is 23.2 Å². The zero-order chi connectivity index (χ0) is 23.2. The minimum atomic E-state index is -6.56. The lowest BCUT2D eigenvalue weighted by molar-refractivity contribution is -0.361. The first-order chi connectivity index (χ1) is 14.3. The highest BCUT2D eigenvalue weighted by Crippen LogP contribution is 2.50. The summed E-state index contributed by atoms with van der Waals surface area (Å²) < 4.78 is 91.4. The summed E-state index contributed by atoms with van der Waals surface area (Å²) in [7, 11) is 0. The standard InChI is InChI=1S/C14H6Cl2F7N7O/c15-7-2-1-3-24-10(7)30-8(9(16)31)4-6(26-30)5-29-27-11(25-28-29)12(17,18)13(19,20)14(21,22)23/h1-4H,5H2. The highest BCUT2D eigenvalue weighted by atomic mass is 35.5. The monoisotopic (exact) mass is 491 g/mol. The number of halogens is 9. The second kappa shape index (κ2) is 7.71. The first-order valence-electron chi connectivity index (χ1n) is 7.76. The van der Waals surface area contributed by atoms with Crippen LogP contribution >= 0.6 is 23.2 Å². The third-order valence-corrected chi connectivity index (χ3v) is 4.18. The lowest BCUT2D eigenvalue weighted by Crippen LogP contribution is -2.50. The van der Waals surface area contributed by atoms with Crippen LogP contribution in [-0.2, 0) is 12.5 Å². The summed E-state index contributed by atoms with van der Waals surface area (Å²) in [5, 5.41) is 11.5. The van der Waals surface area contributed by atoms with E-state index in [1.165, 1.54) is 18.3 Å². The molecule has 0 fully saturated rings. The molecule has 31 heavy (non-hydrogen) atoms. The van der Waals surface area contributed by atoms with Crippen molar-refractivity contribution in [1.29, 1.82) is 0 Å². The van der Waals surface area contributed by atoms with E-state index in [9.17, 15) is 35.5 Å². The highest BCUT2D eigenvalue weighted by Gasteiger charge is 2.75. The molecule has 17 heteroatoms. The molecule has 3 heterocycles. The van der Waals surface area contributed by atoms with E-state index in [-0.39, 0.29) is 27.0 Å². The van der Waals surface area contributed by atoms with Crippen molar-refractivity contribution in [1.82, 2.24) is 35.0 Å². The number of tetrazole rings is 1. The summed E-state index contributed by atoms with van der Waals surface area (Å²) in [6.07, 6.45) is -5.24. The zero-order valence-corrected chi connectivity index (χ0v) is 16.0. The Bertz CT molecular complexity index is 1130. The molecule has 0 saturated carbocycles. The summed E-state index contributed by atoms with van der Waals surface area (Å²) in [6, 6.07) is 3.96. The van der Waals surface area contributed by atoms with Crippen molar-refractivity contribution in [2.45, 2.75) is 24.6 Å². The van der Waals surface area contributed by atoms with Crippen LogP contribution in [0.25, 0.3) is 5.82 Å². The van der Waals surface area contributed by atoms with Gasteiger partial charge in [-0.1, -0.05) is 11.6 Å². The van der Waals surface area contributed by atoms with Gasteiger partial charge in [-0.25, -0.2) is 9.67 Å². The van der Waals surface area contributed by atoms with Crippen molar-refractivity contribution in [3.63, 3.8) is 0 Å². The first kappa shape index (κ1) is 22.9. The lowest BCUT2D eigenvalue weighted by atomic mass is 10.1. The topological polar surface area (TPSA) is 91.4 Å². The Balaban J connectivity index is 1.94. The predicted octanol–water partition coefficient (Wildman–Crippen LogP) is 3.62. The minimum absolute atomic E-state index is 0.0250. The second-order valence-corrected chi connectivity index (χ2v) is 6.56. The van der Waals surface area contributed by atoms with Gasteiger partial charge in [0.15, 0.2) is 5.82 Å². The van der Waals surface area contributed by atoms with Gasteiger partial charge in [-0.2, -0.15) is 40.6 Å². The molecule has 0 aromatic carbocycles. The number of nitrogens with zero attached hydrogens (tertiary/aromatic N) is 7. The third-order valence-electron chi connectivity index (χ3n) is 3.69. The number of carbonyl (C=O) groups excluding carboxylic acids is 1. The van der Waals surface area contributed by atoms with Crippen LogP contribution in [0.15, 0.2) is 24.4 Å². The second-order valence-electron chi connectivity index (χ2n) is 5.81. The fourth-order valence-corrected chi connectivity index (χ4v) is 2.58. The van der Waals surface area contributed by atoms with Gasteiger partial charge in [0.25, 0.3) is 11.1 Å². The molecule has 0 aliphatic heterocycles. The van der Waals surface area contributed by atoms with Crippen LogP contribution in [0, 0.1) is 0 Å². The largest absolute Gasteiger partial charge is 0.460 e. The van der Waals surface area contributed by atoms with Crippen LogP contribution in [0.3, 0.4) is 0 Å². The van der Waals surface area contributed by atoms with Crippen LogP contribution in [0.5, 0.6) is 0 Å². The Morgan fingerprint density at radius 3 is 2.35 bits per heavy atom. The fraction of sp³-hybridized carbons (Fsp3) is 0.286. The molecule has 3 rings (SSSR count). The molecule has 0 atom stereocenters. The van der Waals surface area contributed by atoms with E-state index in [2.05, 4.69) is 25.5 Å². The van der Waals surface area contributed by atoms with E-state index < -0.39 is 35.6 Å². The molecule has 0 aliphatic rings. The van der Waals surface area contributed by atoms with Gasteiger partial charge in [0.05, 0.1) is 10.7 Å². The Morgan fingerprint density at radius 1 is 1.10 bits per heavy atom. The minimum Gasteiger partial charge on any atom is -0.274 e. The van der Waals surface area contributed by atoms with Crippen molar-refractivity contribution in [3.8, 4) is 5.82 Å². The quantitative estimate of drug-likeness (QED) is 0.386. The molecule has 3 aromatic heterocycles. The summed E-state index contributed by atoms with van der Waals surface area (Å²) >= 11 is 11.4. The maximum atomic E-state index is 13.7. The van der Waals surface area contributed by atoms with Gasteiger partial charge in [-0.15, -0.1) is 10.2 Å². The molecule has 166 valence electrons. The predicted molar refractivity (Wildman–Crippen MR) is 88.4 cm³/mol. The van der Waals surface area contributed by atoms with E-state index in [0.717, 1.165) is 10.7 Å². The summed E-state index contributed by atoms with van der Waals surface area (Å²) in [5.41, 5.74) is -0.382. The summed E-state index contributed by atoms with van der Waals surface area (Å²) in [4.78, 5) is 15.9. The summed E-state index contributed by atoms with van der Waals surface area (Å²) in [6.45, 7) is -0.644. The van der Waals surface area contributed by atoms with Gasteiger partial charge in [-0.3, -0.25) is 4.79 Å². The number of hydrogen-bond donors (Lipinski definition) is 0. The average Bonchev–Trinajstić information content (AvgIpc) is 3.29. The molecule has 0 aliphatic carbocycles. The zero-order valence-electron chi connectivity index (χ0n) is 14.5. The molecule has 0 bridgehead atoms. The lowest BCUT2D eigenvalue weighted by Gasteiger charge is -2.25. The number of pyridine rings is 1. The van der Waals surface area contributed by atoms with Crippen LogP contribution in [0.1, 0.15) is 22.0 Å². The molecular formula is C14H6Cl2F7N7O. The van der Waals surface area contributed by atoms with Crippen molar-refractivity contribution in [3.05, 3.63) is 46.6 Å². The van der Waals surface area contributed by atoms with Crippen LogP contribution in [0.2, 0.25) is 5.02 Å². The summed E-state index contributed by atoms with van der Waals surface area (Å²) in [5.74, 6) is -14.4. The maximum absolute atomic E-state index is 13.7. The molecule has 0 spiro atoms. The van der Waals surface area contributed by atoms with E-state index >= 15 is 0 Å². The Hall–Kier alpha value is -2.81. The van der Waals surface area contributed by atoms with Gasteiger partial charge in [0.1, 0.15) is 12.2 Å². The van der Waals surface area contributed by atoms with Gasteiger partial charge < -0.3 is 0 Å². The average molecular weight is 492 g/mol. The molecule has 0 radical (unpaired) electrons. The number of hydrogen-bond acceptors (Lipinski definition) is 6. The third kappa shape index (κ3) is 4.06. The van der Waals surface area contributed by atoms with E-state index in [1.54, 1.807) is 0 Å². The van der Waals surface area contributed by atoms with Crippen LogP contribution in [-0.4, -0.2) is 52.3 Å². The van der Waals surface area contributed by atoms with Gasteiger partial charge in [0, 0.05) is 6.20 Å². The molecule has 0 amide bonds. The highest BCUT2D eigenvalue weighted by molar-refractivity contribution is 6.67. The molecule has 8 nitrogen and oxygen atoms in total. The van der Waals surface area contributed by atoms with Crippen molar-refractivity contribution in [2.75, 3.05) is 0 Å². The van der Waals surface area contributed by atoms with E-state index in [1.807, 2.05) is 0 Å². The van der Waals surface area contributed by atoms with Crippen molar-refractivity contribution >= 4 is 28.4 Å². The molecule has 3 aromatic rings. The molecular weight excluding hydrogens is 486 g/mol. The van der Waals surface area contributed by atoms with Crippen molar-refractivity contribution < 1.29 is 35.5 Å². The Kier molecular flexibility index (Phi) is 5.69. The number of carbonyl (C=O) groups is 1. The maximum Gasteiger partial charge on any atom is 0.460 e. The van der Waals surface area contributed by atoms with Crippen LogP contribution in [0.4, 0.5) is 30.7 Å². The SMILES string of the molecule is O=C(Cl)c1cc(Cn2nnc(C(F)(F)C(F)(F)C(F)(F)F)n2)nn1-c1ncccc1Cl. The van der Waals surface area contributed by atoms with E-state index in [0.29, 0.717) is 0 Å². The van der Waals surface area contributed by atoms with Gasteiger partial charge in [0.2, 0.25) is 0 Å². The normalized spacial score (nSPS) is 12.9.